The summed E-state index contributed by atoms with van der Waals surface area (Å²) in [4.78, 5) is 14.0. The molecule has 0 aromatic rings. The molecule has 0 radical (unpaired) electrons. The van der Waals surface area contributed by atoms with Crippen LogP contribution in [-0.4, -0.2) is 53.5 Å². The van der Waals surface area contributed by atoms with Crippen molar-refractivity contribution in [2.75, 3.05) is 19.7 Å². The minimum absolute atomic E-state index is 0.0797. The minimum Gasteiger partial charge on any atom is -0.444 e. The zero-order valence-corrected chi connectivity index (χ0v) is 13.5. The smallest absolute Gasteiger partial charge is 0.410 e. The number of rotatable bonds is 5. The lowest BCUT2D eigenvalue weighted by Crippen LogP contribution is -2.47. The number of hydrogen-bond donors (Lipinski definition) is 2. The van der Waals surface area contributed by atoms with Crippen molar-refractivity contribution in [3.05, 3.63) is 0 Å². The van der Waals surface area contributed by atoms with Gasteiger partial charge in [0.2, 0.25) is 0 Å². The van der Waals surface area contributed by atoms with Crippen LogP contribution in [0.15, 0.2) is 0 Å². The van der Waals surface area contributed by atoms with Gasteiger partial charge in [0, 0.05) is 25.2 Å². The number of nitrogens with zero attached hydrogens (tertiary/aromatic N) is 1. The lowest BCUT2D eigenvalue weighted by molar-refractivity contribution is 0.0222. The number of hydrogen-bond acceptors (Lipinski definition) is 4. The standard InChI is InChI=1S/C15H30N2O3/c1-11(2)13(10-18)16-9-12-7-6-8-17(12)14(19)20-15(3,4)5/h11-13,16,18H,6-10H2,1-5H3. The summed E-state index contributed by atoms with van der Waals surface area (Å²) in [6, 6.07) is 0.244. The van der Waals surface area contributed by atoms with Crippen molar-refractivity contribution in [3.63, 3.8) is 0 Å². The van der Waals surface area contributed by atoms with Crippen LogP contribution in [0, 0.1) is 5.92 Å². The molecule has 1 aliphatic rings. The Morgan fingerprint density at radius 2 is 2.10 bits per heavy atom. The van der Waals surface area contributed by atoms with Crippen LogP contribution in [0.3, 0.4) is 0 Å². The summed E-state index contributed by atoms with van der Waals surface area (Å²) in [5, 5.41) is 12.7. The van der Waals surface area contributed by atoms with Gasteiger partial charge in [0.05, 0.1) is 6.61 Å². The third-order valence-electron chi connectivity index (χ3n) is 3.62. The van der Waals surface area contributed by atoms with E-state index in [-0.39, 0.29) is 24.8 Å². The third kappa shape index (κ3) is 5.29. The molecule has 5 nitrogen and oxygen atoms in total. The number of carbonyl (C=O) groups excluding carboxylic acids is 1. The Hall–Kier alpha value is -0.810. The summed E-state index contributed by atoms with van der Waals surface area (Å²) >= 11 is 0. The highest BCUT2D eigenvalue weighted by atomic mass is 16.6. The third-order valence-corrected chi connectivity index (χ3v) is 3.62. The highest BCUT2D eigenvalue weighted by molar-refractivity contribution is 5.69. The minimum atomic E-state index is -0.455. The summed E-state index contributed by atoms with van der Waals surface area (Å²) in [6.45, 7) is 11.4. The van der Waals surface area contributed by atoms with E-state index in [1.165, 1.54) is 0 Å². The van der Waals surface area contributed by atoms with Gasteiger partial charge >= 0.3 is 6.09 Å². The predicted molar refractivity (Wildman–Crippen MR) is 79.7 cm³/mol. The molecule has 1 aliphatic heterocycles. The fraction of sp³-hybridized carbons (Fsp3) is 0.933. The van der Waals surface area contributed by atoms with Crippen LogP contribution in [0.4, 0.5) is 4.79 Å². The maximum absolute atomic E-state index is 12.1. The second-order valence-electron chi connectivity index (χ2n) is 6.91. The molecule has 20 heavy (non-hydrogen) atoms. The van der Waals surface area contributed by atoms with Gasteiger partial charge in [0.15, 0.2) is 0 Å². The molecule has 2 N–H and O–H groups in total. The van der Waals surface area contributed by atoms with Crippen molar-refractivity contribution in [2.24, 2.45) is 5.92 Å². The molecular weight excluding hydrogens is 256 g/mol. The number of ether oxygens (including phenoxy) is 1. The molecular formula is C15H30N2O3. The highest BCUT2D eigenvalue weighted by Gasteiger charge is 2.32. The van der Waals surface area contributed by atoms with Gasteiger partial charge in [0.1, 0.15) is 5.60 Å². The number of aliphatic hydroxyl groups is 1. The summed E-state index contributed by atoms with van der Waals surface area (Å²) in [7, 11) is 0. The molecule has 0 aliphatic carbocycles. The van der Waals surface area contributed by atoms with Crippen molar-refractivity contribution in [3.8, 4) is 0 Å². The van der Waals surface area contributed by atoms with Gasteiger partial charge in [-0.05, 0) is 39.5 Å². The average Bonchev–Trinajstić information content (AvgIpc) is 2.75. The van der Waals surface area contributed by atoms with Crippen molar-refractivity contribution >= 4 is 6.09 Å². The fourth-order valence-corrected chi connectivity index (χ4v) is 2.41. The summed E-state index contributed by atoms with van der Waals surface area (Å²) < 4.78 is 5.44. The first-order valence-corrected chi connectivity index (χ1v) is 7.58. The lowest BCUT2D eigenvalue weighted by Gasteiger charge is -2.30. The molecule has 0 aromatic carbocycles. The largest absolute Gasteiger partial charge is 0.444 e. The summed E-state index contributed by atoms with van der Waals surface area (Å²) in [5.41, 5.74) is -0.455. The van der Waals surface area contributed by atoms with Crippen molar-refractivity contribution in [1.29, 1.82) is 0 Å². The summed E-state index contributed by atoms with van der Waals surface area (Å²) in [5.74, 6) is 0.372. The average molecular weight is 286 g/mol. The van der Waals surface area contributed by atoms with Gasteiger partial charge in [-0.1, -0.05) is 13.8 Å². The second-order valence-corrected chi connectivity index (χ2v) is 6.91. The van der Waals surface area contributed by atoms with Crippen LogP contribution < -0.4 is 5.32 Å². The van der Waals surface area contributed by atoms with Gasteiger partial charge in [-0.3, -0.25) is 0 Å². The van der Waals surface area contributed by atoms with E-state index in [1.807, 2.05) is 25.7 Å². The predicted octanol–water partition coefficient (Wildman–Crippen LogP) is 1.99. The number of amides is 1. The van der Waals surface area contributed by atoms with Crippen molar-refractivity contribution in [1.82, 2.24) is 10.2 Å². The second kappa shape index (κ2) is 7.27. The van der Waals surface area contributed by atoms with Crippen LogP contribution in [-0.2, 0) is 4.74 Å². The lowest BCUT2D eigenvalue weighted by atomic mass is 10.0. The van der Waals surface area contributed by atoms with Crippen LogP contribution in [0.25, 0.3) is 0 Å². The monoisotopic (exact) mass is 286 g/mol. The molecule has 0 saturated carbocycles. The molecule has 1 heterocycles. The Morgan fingerprint density at radius 3 is 2.60 bits per heavy atom. The number of likely N-dealkylation sites (tertiary alicyclic amines) is 1. The number of nitrogens with one attached hydrogen (secondary N) is 1. The maximum atomic E-state index is 12.1. The van der Waals surface area contributed by atoms with E-state index < -0.39 is 5.60 Å². The Labute approximate surface area is 122 Å². The zero-order chi connectivity index (χ0) is 15.3. The molecule has 2 atom stereocenters. The van der Waals surface area contributed by atoms with E-state index in [4.69, 9.17) is 4.74 Å². The zero-order valence-electron chi connectivity index (χ0n) is 13.5. The van der Waals surface area contributed by atoms with E-state index >= 15 is 0 Å². The van der Waals surface area contributed by atoms with E-state index in [2.05, 4.69) is 19.2 Å². The molecule has 2 unspecified atom stereocenters. The van der Waals surface area contributed by atoms with Gasteiger partial charge in [-0.2, -0.15) is 0 Å². The van der Waals surface area contributed by atoms with Gasteiger partial charge in [-0.15, -0.1) is 0 Å². The fourth-order valence-electron chi connectivity index (χ4n) is 2.41. The SMILES string of the molecule is CC(C)C(CO)NCC1CCCN1C(=O)OC(C)(C)C. The number of carbonyl (C=O) groups is 1. The maximum Gasteiger partial charge on any atom is 0.410 e. The molecule has 1 saturated heterocycles. The first kappa shape index (κ1) is 17.2. The van der Waals surface area contributed by atoms with Gasteiger partial charge in [0.25, 0.3) is 0 Å². The Morgan fingerprint density at radius 1 is 1.45 bits per heavy atom. The molecule has 0 spiro atoms. The van der Waals surface area contributed by atoms with E-state index in [1.54, 1.807) is 0 Å². The van der Waals surface area contributed by atoms with Gasteiger partial charge in [-0.25, -0.2) is 4.79 Å². The van der Waals surface area contributed by atoms with Crippen LogP contribution in [0.1, 0.15) is 47.5 Å². The number of aliphatic hydroxyl groups excluding tert-OH is 1. The normalized spacial score (nSPS) is 21.4. The van der Waals surface area contributed by atoms with Crippen LogP contribution in [0.5, 0.6) is 0 Å². The van der Waals surface area contributed by atoms with Crippen molar-refractivity contribution in [2.45, 2.75) is 65.1 Å². The molecule has 1 amide bonds. The Balaban J connectivity index is 2.51. The first-order valence-electron chi connectivity index (χ1n) is 7.58. The van der Waals surface area contributed by atoms with E-state index in [0.29, 0.717) is 12.5 Å². The summed E-state index contributed by atoms with van der Waals surface area (Å²) in [6.07, 6.45) is 1.77. The van der Waals surface area contributed by atoms with Crippen LogP contribution >= 0.6 is 0 Å². The Kier molecular flexibility index (Phi) is 6.27. The molecule has 1 fully saturated rings. The van der Waals surface area contributed by atoms with Crippen LogP contribution in [0.2, 0.25) is 0 Å². The molecule has 0 aromatic heterocycles. The highest BCUT2D eigenvalue weighted by Crippen LogP contribution is 2.20. The van der Waals surface area contributed by atoms with Crippen molar-refractivity contribution < 1.29 is 14.6 Å². The first-order chi connectivity index (χ1) is 9.24. The molecule has 118 valence electrons. The van der Waals surface area contributed by atoms with Gasteiger partial charge < -0.3 is 20.1 Å². The Bertz CT molecular complexity index is 313. The molecule has 1 rings (SSSR count). The molecule has 0 bridgehead atoms. The van der Waals surface area contributed by atoms with E-state index in [0.717, 1.165) is 19.4 Å². The topological polar surface area (TPSA) is 61.8 Å². The molecule has 5 heteroatoms. The quantitative estimate of drug-likeness (QED) is 0.811. The van der Waals surface area contributed by atoms with E-state index in [9.17, 15) is 9.90 Å².